The SMILES string of the molecule is C1CCNCC1.COc1ccc(C(=O)N[C@@H](C(=O)N2CCC(C=O)CC2)c2ccccc2)cc1.Cl. The second kappa shape index (κ2) is 15.2. The Balaban J connectivity index is 0.000000539. The molecule has 2 aromatic rings. The molecule has 0 saturated carbocycles. The summed E-state index contributed by atoms with van der Waals surface area (Å²) < 4.78 is 5.12. The van der Waals surface area contributed by atoms with Crippen LogP contribution in [0.2, 0.25) is 0 Å². The molecule has 0 spiro atoms. The molecule has 7 nitrogen and oxygen atoms in total. The summed E-state index contributed by atoms with van der Waals surface area (Å²) >= 11 is 0. The monoisotopic (exact) mass is 501 g/mol. The summed E-state index contributed by atoms with van der Waals surface area (Å²) in [6, 6.07) is 15.2. The lowest BCUT2D eigenvalue weighted by molar-refractivity contribution is -0.135. The quantitative estimate of drug-likeness (QED) is 0.588. The molecule has 0 radical (unpaired) electrons. The highest BCUT2D eigenvalue weighted by atomic mass is 35.5. The topological polar surface area (TPSA) is 87.7 Å². The number of benzene rings is 2. The number of nitrogens with one attached hydrogen (secondary N) is 2. The lowest BCUT2D eigenvalue weighted by Gasteiger charge is -2.33. The first-order valence-electron chi connectivity index (χ1n) is 12.1. The molecule has 2 saturated heterocycles. The van der Waals surface area contributed by atoms with Gasteiger partial charge in [0, 0.05) is 24.6 Å². The fraction of sp³-hybridized carbons (Fsp3) is 0.444. The van der Waals surface area contributed by atoms with E-state index in [-0.39, 0.29) is 30.1 Å². The van der Waals surface area contributed by atoms with Gasteiger partial charge in [-0.2, -0.15) is 0 Å². The van der Waals surface area contributed by atoms with E-state index in [4.69, 9.17) is 4.74 Å². The molecule has 2 aromatic carbocycles. The van der Waals surface area contributed by atoms with Crippen molar-refractivity contribution in [2.75, 3.05) is 33.3 Å². The number of likely N-dealkylation sites (tertiary alicyclic amines) is 1. The van der Waals surface area contributed by atoms with E-state index in [0.29, 0.717) is 37.2 Å². The molecule has 2 fully saturated rings. The number of rotatable bonds is 6. The minimum absolute atomic E-state index is 0. The van der Waals surface area contributed by atoms with E-state index in [1.165, 1.54) is 32.4 Å². The minimum atomic E-state index is -0.774. The van der Waals surface area contributed by atoms with Crippen LogP contribution < -0.4 is 15.4 Å². The summed E-state index contributed by atoms with van der Waals surface area (Å²) in [4.78, 5) is 38.6. The van der Waals surface area contributed by atoms with Gasteiger partial charge in [0.15, 0.2) is 0 Å². The Kier molecular flexibility index (Phi) is 12.3. The molecule has 0 bridgehead atoms. The van der Waals surface area contributed by atoms with Crippen LogP contribution in [0.1, 0.15) is 54.1 Å². The standard InChI is InChI=1S/C22H24N2O4.C5H11N.ClH/c1-28-19-9-7-18(8-10-19)21(26)23-20(17-5-3-2-4-6-17)22(27)24-13-11-16(15-25)12-14-24;1-2-4-6-5-3-1;/h2-10,15-16,20H,11-14H2,1H3,(H,23,26);6H,1-5H2;1H/t20-;;/m1../s1. The van der Waals surface area contributed by atoms with Crippen molar-refractivity contribution in [2.45, 2.75) is 38.1 Å². The largest absolute Gasteiger partial charge is 0.497 e. The van der Waals surface area contributed by atoms with Gasteiger partial charge in [0.25, 0.3) is 5.91 Å². The van der Waals surface area contributed by atoms with E-state index in [0.717, 1.165) is 11.8 Å². The third kappa shape index (κ3) is 8.67. The van der Waals surface area contributed by atoms with Crippen molar-refractivity contribution in [1.82, 2.24) is 15.5 Å². The summed E-state index contributed by atoms with van der Waals surface area (Å²) in [5.74, 6) is 0.184. The molecule has 2 heterocycles. The number of ether oxygens (including phenoxy) is 1. The maximum Gasteiger partial charge on any atom is 0.252 e. The van der Waals surface area contributed by atoms with Crippen LogP contribution in [0.3, 0.4) is 0 Å². The second-order valence-corrected chi connectivity index (χ2v) is 8.66. The molecule has 4 rings (SSSR count). The Hall–Kier alpha value is -2.90. The summed E-state index contributed by atoms with van der Waals surface area (Å²) in [5.41, 5.74) is 1.18. The predicted octanol–water partition coefficient (Wildman–Crippen LogP) is 3.79. The summed E-state index contributed by atoms with van der Waals surface area (Å²) in [7, 11) is 1.56. The first-order chi connectivity index (χ1) is 16.6. The maximum atomic E-state index is 13.2. The molecule has 2 aliphatic heterocycles. The molecular formula is C27H36ClN3O4. The van der Waals surface area contributed by atoms with Crippen molar-refractivity contribution < 1.29 is 19.1 Å². The number of halogens is 1. The van der Waals surface area contributed by atoms with E-state index in [1.807, 2.05) is 30.3 Å². The van der Waals surface area contributed by atoms with Crippen LogP contribution in [0.15, 0.2) is 54.6 Å². The van der Waals surface area contributed by atoms with Gasteiger partial charge in [-0.1, -0.05) is 36.8 Å². The number of hydrogen-bond donors (Lipinski definition) is 2. The number of carbonyl (C=O) groups is 3. The molecule has 0 aliphatic carbocycles. The summed E-state index contributed by atoms with van der Waals surface area (Å²) in [5, 5.41) is 6.15. The first-order valence-corrected chi connectivity index (χ1v) is 12.1. The fourth-order valence-corrected chi connectivity index (χ4v) is 4.13. The van der Waals surface area contributed by atoms with Gasteiger partial charge >= 0.3 is 0 Å². The fourth-order valence-electron chi connectivity index (χ4n) is 4.13. The van der Waals surface area contributed by atoms with Gasteiger partial charge in [-0.15, -0.1) is 12.4 Å². The van der Waals surface area contributed by atoms with Gasteiger partial charge in [-0.25, -0.2) is 0 Å². The smallest absolute Gasteiger partial charge is 0.252 e. The molecule has 35 heavy (non-hydrogen) atoms. The lowest BCUT2D eigenvalue weighted by Crippen LogP contribution is -2.46. The average Bonchev–Trinajstić information content (AvgIpc) is 2.93. The highest BCUT2D eigenvalue weighted by Crippen LogP contribution is 2.22. The van der Waals surface area contributed by atoms with Crippen LogP contribution in [0.4, 0.5) is 0 Å². The third-order valence-corrected chi connectivity index (χ3v) is 6.26. The van der Waals surface area contributed by atoms with Gasteiger partial charge < -0.3 is 25.1 Å². The summed E-state index contributed by atoms with van der Waals surface area (Å²) in [6.45, 7) is 3.54. The van der Waals surface area contributed by atoms with Crippen molar-refractivity contribution in [2.24, 2.45) is 5.92 Å². The first kappa shape index (κ1) is 28.3. The van der Waals surface area contributed by atoms with Gasteiger partial charge in [0.05, 0.1) is 7.11 Å². The molecular weight excluding hydrogens is 466 g/mol. The number of nitrogens with zero attached hydrogens (tertiary/aromatic N) is 1. The van der Waals surface area contributed by atoms with Gasteiger partial charge in [0.2, 0.25) is 5.91 Å². The molecule has 190 valence electrons. The number of hydrogen-bond acceptors (Lipinski definition) is 5. The van der Waals surface area contributed by atoms with Crippen molar-refractivity contribution in [3.8, 4) is 5.75 Å². The van der Waals surface area contributed by atoms with Crippen molar-refractivity contribution in [3.05, 3.63) is 65.7 Å². The van der Waals surface area contributed by atoms with E-state index >= 15 is 0 Å². The van der Waals surface area contributed by atoms with Crippen LogP contribution in [0.25, 0.3) is 0 Å². The molecule has 2 amide bonds. The molecule has 0 unspecified atom stereocenters. The molecule has 1 atom stereocenters. The Labute approximate surface area is 214 Å². The van der Waals surface area contributed by atoms with Gasteiger partial charge in [-0.05, 0) is 68.6 Å². The molecule has 8 heteroatoms. The van der Waals surface area contributed by atoms with E-state index in [9.17, 15) is 14.4 Å². The number of aldehydes is 1. The second-order valence-electron chi connectivity index (χ2n) is 8.66. The third-order valence-electron chi connectivity index (χ3n) is 6.26. The average molecular weight is 502 g/mol. The van der Waals surface area contributed by atoms with E-state index in [1.54, 1.807) is 36.3 Å². The summed E-state index contributed by atoms with van der Waals surface area (Å²) in [6.07, 6.45) is 6.49. The van der Waals surface area contributed by atoms with Crippen LogP contribution in [-0.4, -0.2) is 56.3 Å². The van der Waals surface area contributed by atoms with Gasteiger partial charge in [0.1, 0.15) is 18.1 Å². The Bertz CT molecular complexity index is 900. The van der Waals surface area contributed by atoms with Crippen LogP contribution >= 0.6 is 12.4 Å². The number of amides is 2. The number of piperidine rings is 2. The minimum Gasteiger partial charge on any atom is -0.497 e. The van der Waals surface area contributed by atoms with Crippen molar-refractivity contribution in [1.29, 1.82) is 0 Å². The Morgan fingerprint density at radius 2 is 1.63 bits per heavy atom. The van der Waals surface area contributed by atoms with Crippen LogP contribution in [0, 0.1) is 5.92 Å². The number of methoxy groups -OCH3 is 1. The van der Waals surface area contributed by atoms with Crippen LogP contribution in [0.5, 0.6) is 5.75 Å². The van der Waals surface area contributed by atoms with Crippen LogP contribution in [-0.2, 0) is 9.59 Å². The molecule has 2 aliphatic rings. The number of carbonyl (C=O) groups excluding carboxylic acids is 3. The van der Waals surface area contributed by atoms with Crippen molar-refractivity contribution >= 4 is 30.5 Å². The van der Waals surface area contributed by atoms with Gasteiger partial charge in [-0.3, -0.25) is 9.59 Å². The molecule has 0 aromatic heterocycles. The lowest BCUT2D eigenvalue weighted by atomic mass is 9.97. The zero-order valence-electron chi connectivity index (χ0n) is 20.3. The van der Waals surface area contributed by atoms with E-state index < -0.39 is 6.04 Å². The predicted molar refractivity (Wildman–Crippen MR) is 139 cm³/mol. The normalized spacial score (nSPS) is 16.5. The maximum absolute atomic E-state index is 13.2. The Morgan fingerprint density at radius 1 is 1.00 bits per heavy atom. The zero-order chi connectivity index (χ0) is 24.2. The highest BCUT2D eigenvalue weighted by molar-refractivity contribution is 5.98. The molecule has 2 N–H and O–H groups in total. The van der Waals surface area contributed by atoms with E-state index in [2.05, 4.69) is 10.6 Å². The van der Waals surface area contributed by atoms with Crippen molar-refractivity contribution in [3.63, 3.8) is 0 Å². The zero-order valence-corrected chi connectivity index (χ0v) is 21.1. The highest BCUT2D eigenvalue weighted by Gasteiger charge is 2.30. The Morgan fingerprint density at radius 3 is 2.11 bits per heavy atom.